The lowest BCUT2D eigenvalue weighted by molar-refractivity contribution is 0.285. The Bertz CT molecular complexity index is 1360. The molecule has 1 aliphatic heterocycles. The topological polar surface area (TPSA) is 52.4 Å². The zero-order valence-corrected chi connectivity index (χ0v) is 22.1. The minimum absolute atomic E-state index is 0.655. The Kier molecular flexibility index (Phi) is 8.86. The van der Waals surface area contributed by atoms with Gasteiger partial charge in [-0.15, -0.1) is 0 Å². The number of aryl methyl sites for hydroxylation is 1. The average Bonchev–Trinajstić information content (AvgIpc) is 3.21. The van der Waals surface area contributed by atoms with Crippen LogP contribution in [-0.2, 0) is 13.0 Å². The summed E-state index contributed by atoms with van der Waals surface area (Å²) in [4.78, 5) is 9.24. The Morgan fingerprint density at radius 3 is 2.55 bits per heavy atom. The van der Waals surface area contributed by atoms with E-state index in [2.05, 4.69) is 87.6 Å². The second-order valence-electron chi connectivity index (χ2n) is 10.1. The van der Waals surface area contributed by atoms with Crippen molar-refractivity contribution in [2.45, 2.75) is 38.6 Å². The highest BCUT2D eigenvalue weighted by Crippen LogP contribution is 2.24. The zero-order chi connectivity index (χ0) is 26.0. The summed E-state index contributed by atoms with van der Waals surface area (Å²) in [5.74, 6) is 1.76. The summed E-state index contributed by atoms with van der Waals surface area (Å²) < 4.78 is 6.06. The van der Waals surface area contributed by atoms with E-state index >= 15 is 0 Å². The fourth-order valence-corrected chi connectivity index (χ4v) is 5.24. The number of ether oxygens (including phenoxy) is 1. The normalized spacial score (nSPS) is 14.2. The van der Waals surface area contributed by atoms with Crippen molar-refractivity contribution in [3.63, 3.8) is 0 Å². The number of nitrogens with zero attached hydrogens (tertiary/aromatic N) is 4. The van der Waals surface area contributed by atoms with Gasteiger partial charge in [0.15, 0.2) is 0 Å². The molecule has 4 aromatic rings. The Morgan fingerprint density at radius 1 is 0.789 bits per heavy atom. The Labute approximate surface area is 226 Å². The van der Waals surface area contributed by atoms with Gasteiger partial charge in [0.05, 0.1) is 12.2 Å². The van der Waals surface area contributed by atoms with Crippen LogP contribution in [0.2, 0.25) is 0 Å². The maximum Gasteiger partial charge on any atom is 0.146 e. The van der Waals surface area contributed by atoms with Crippen molar-refractivity contribution >= 4 is 16.6 Å². The monoisotopic (exact) mass is 504 g/mol. The largest absolute Gasteiger partial charge is 0.494 e. The van der Waals surface area contributed by atoms with Gasteiger partial charge in [-0.2, -0.15) is 5.26 Å². The number of pyridine rings is 1. The van der Waals surface area contributed by atoms with Crippen LogP contribution in [0.5, 0.6) is 5.75 Å². The summed E-state index contributed by atoms with van der Waals surface area (Å²) in [6, 6.07) is 29.9. The van der Waals surface area contributed by atoms with Crippen molar-refractivity contribution in [2.75, 3.05) is 37.7 Å². The summed E-state index contributed by atoms with van der Waals surface area (Å²) in [5.41, 5.74) is 3.40. The van der Waals surface area contributed by atoms with Crippen LogP contribution in [0.4, 0.5) is 5.82 Å². The first-order valence-corrected chi connectivity index (χ1v) is 13.8. The summed E-state index contributed by atoms with van der Waals surface area (Å²) in [6.45, 7) is 5.50. The van der Waals surface area contributed by atoms with Crippen LogP contribution < -0.4 is 9.64 Å². The molecule has 0 saturated carbocycles. The lowest BCUT2D eigenvalue weighted by Crippen LogP contribution is -2.31. The summed E-state index contributed by atoms with van der Waals surface area (Å²) in [6.07, 6.45) is 7.43. The van der Waals surface area contributed by atoms with E-state index in [0.29, 0.717) is 5.56 Å². The predicted octanol–water partition coefficient (Wildman–Crippen LogP) is 6.61. The molecule has 1 saturated heterocycles. The van der Waals surface area contributed by atoms with Gasteiger partial charge in [-0.3, -0.25) is 4.90 Å². The predicted molar refractivity (Wildman–Crippen MR) is 154 cm³/mol. The maximum absolute atomic E-state index is 9.44. The minimum Gasteiger partial charge on any atom is -0.494 e. The fourth-order valence-electron chi connectivity index (χ4n) is 5.24. The Morgan fingerprint density at radius 2 is 1.66 bits per heavy atom. The van der Waals surface area contributed by atoms with Gasteiger partial charge in [-0.05, 0) is 84.3 Å². The molecule has 0 aliphatic carbocycles. The number of hydrogen-bond acceptors (Lipinski definition) is 5. The Hall–Kier alpha value is -3.88. The SMILES string of the molecule is N#Cc1cccnc1N1CCCN(Cc2ccc3cc(OCCCCCc4ccccc4)ccc3c2)CC1. The van der Waals surface area contributed by atoms with E-state index in [0.717, 1.165) is 70.2 Å². The number of fused-ring (bicyclic) bond motifs is 1. The van der Waals surface area contributed by atoms with Gasteiger partial charge in [0, 0.05) is 38.9 Å². The van der Waals surface area contributed by atoms with Crippen LogP contribution in [0.3, 0.4) is 0 Å². The third-order valence-corrected chi connectivity index (χ3v) is 7.30. The van der Waals surface area contributed by atoms with E-state index in [4.69, 9.17) is 4.74 Å². The number of hydrogen-bond donors (Lipinski definition) is 0. The smallest absolute Gasteiger partial charge is 0.146 e. The third-order valence-electron chi connectivity index (χ3n) is 7.30. The molecule has 5 rings (SSSR count). The highest BCUT2D eigenvalue weighted by atomic mass is 16.5. The van der Waals surface area contributed by atoms with Gasteiger partial charge < -0.3 is 9.64 Å². The molecule has 5 nitrogen and oxygen atoms in total. The van der Waals surface area contributed by atoms with Gasteiger partial charge in [-0.1, -0.05) is 48.5 Å². The van der Waals surface area contributed by atoms with Gasteiger partial charge >= 0.3 is 0 Å². The van der Waals surface area contributed by atoms with Crippen LogP contribution in [0, 0.1) is 11.3 Å². The van der Waals surface area contributed by atoms with E-state index in [1.165, 1.54) is 34.7 Å². The molecule has 0 unspecified atom stereocenters. The molecule has 0 atom stereocenters. The first-order valence-electron chi connectivity index (χ1n) is 13.8. The van der Waals surface area contributed by atoms with Gasteiger partial charge in [0.25, 0.3) is 0 Å². The van der Waals surface area contributed by atoms with Crippen LogP contribution in [0.25, 0.3) is 10.8 Å². The van der Waals surface area contributed by atoms with E-state index < -0.39 is 0 Å². The fraction of sp³-hybridized carbons (Fsp3) is 0.333. The molecule has 194 valence electrons. The van der Waals surface area contributed by atoms with Crippen molar-refractivity contribution in [3.05, 3.63) is 102 Å². The second-order valence-corrected chi connectivity index (χ2v) is 10.1. The molecule has 38 heavy (non-hydrogen) atoms. The summed E-state index contributed by atoms with van der Waals surface area (Å²) in [5, 5.41) is 11.9. The number of benzene rings is 3. The highest BCUT2D eigenvalue weighted by Gasteiger charge is 2.18. The molecule has 0 amide bonds. The van der Waals surface area contributed by atoms with E-state index in [9.17, 15) is 5.26 Å². The van der Waals surface area contributed by atoms with Crippen molar-refractivity contribution in [2.24, 2.45) is 0 Å². The van der Waals surface area contributed by atoms with Crippen LogP contribution in [-0.4, -0.2) is 42.7 Å². The summed E-state index contributed by atoms with van der Waals surface area (Å²) >= 11 is 0. The Balaban J connectivity index is 1.10. The first-order chi connectivity index (χ1) is 18.8. The molecule has 1 aliphatic rings. The van der Waals surface area contributed by atoms with Gasteiger partial charge in [0.2, 0.25) is 0 Å². The molecule has 0 bridgehead atoms. The molecule has 2 heterocycles. The van der Waals surface area contributed by atoms with E-state index in [1.807, 2.05) is 12.1 Å². The second kappa shape index (κ2) is 13.1. The summed E-state index contributed by atoms with van der Waals surface area (Å²) in [7, 11) is 0. The van der Waals surface area contributed by atoms with Crippen LogP contribution in [0.15, 0.2) is 85.1 Å². The molecule has 0 spiro atoms. The lowest BCUT2D eigenvalue weighted by Gasteiger charge is -2.23. The van der Waals surface area contributed by atoms with Crippen molar-refractivity contribution in [3.8, 4) is 11.8 Å². The highest BCUT2D eigenvalue weighted by molar-refractivity contribution is 5.84. The standard InChI is InChI=1S/C33H36N4O/c34-25-31-12-7-17-35-33(31)37-19-8-18-36(20-21-37)26-28-13-14-30-24-32(16-15-29(30)23-28)38-22-6-2-5-11-27-9-3-1-4-10-27/h1,3-4,7,9-10,12-17,23-24H,2,5-6,8,11,18-22,26H2. The number of rotatable bonds is 10. The molecule has 1 aromatic heterocycles. The van der Waals surface area contributed by atoms with Gasteiger partial charge in [0.1, 0.15) is 17.6 Å². The first kappa shape index (κ1) is 25.8. The lowest BCUT2D eigenvalue weighted by atomic mass is 10.1. The van der Waals surface area contributed by atoms with Crippen LogP contribution in [0.1, 0.15) is 42.4 Å². The average molecular weight is 505 g/mol. The molecular weight excluding hydrogens is 468 g/mol. The molecule has 0 radical (unpaired) electrons. The van der Waals surface area contributed by atoms with E-state index in [1.54, 1.807) is 6.20 Å². The number of aromatic nitrogens is 1. The molecule has 3 aromatic carbocycles. The van der Waals surface area contributed by atoms with Crippen LogP contribution >= 0.6 is 0 Å². The van der Waals surface area contributed by atoms with Crippen molar-refractivity contribution in [1.82, 2.24) is 9.88 Å². The number of nitriles is 1. The van der Waals surface area contributed by atoms with Gasteiger partial charge in [-0.25, -0.2) is 4.98 Å². The number of unbranched alkanes of at least 4 members (excludes halogenated alkanes) is 2. The van der Waals surface area contributed by atoms with Crippen molar-refractivity contribution < 1.29 is 4.74 Å². The number of anilines is 1. The van der Waals surface area contributed by atoms with E-state index in [-0.39, 0.29) is 0 Å². The molecule has 5 heteroatoms. The quantitative estimate of drug-likeness (QED) is 0.228. The molecular formula is C33H36N4O. The van der Waals surface area contributed by atoms with Crippen molar-refractivity contribution in [1.29, 1.82) is 5.26 Å². The zero-order valence-electron chi connectivity index (χ0n) is 22.1. The molecule has 0 N–H and O–H groups in total. The maximum atomic E-state index is 9.44. The molecule has 1 fully saturated rings. The minimum atomic E-state index is 0.655. The third kappa shape index (κ3) is 6.90.